The summed E-state index contributed by atoms with van der Waals surface area (Å²) in [5, 5.41) is 3.37. The number of hydrogen-bond donors (Lipinski definition) is 1. The van der Waals surface area contributed by atoms with Crippen LogP contribution >= 0.6 is 31.9 Å². The molecule has 62 valence electrons. The predicted molar refractivity (Wildman–Crippen MR) is 53.0 cm³/mol. The standard InChI is InChI=1S/C7H9Br2NO/c1-2-5-10-7(11)6(9)3-4-8/h1,6H,3-5H2,(H,10,11)/t6-/m0/s1. The van der Waals surface area contributed by atoms with E-state index in [4.69, 9.17) is 6.42 Å². The molecule has 4 heteroatoms. The molecule has 0 fully saturated rings. The van der Waals surface area contributed by atoms with Crippen molar-refractivity contribution < 1.29 is 4.79 Å². The monoisotopic (exact) mass is 281 g/mol. The molecule has 0 heterocycles. The van der Waals surface area contributed by atoms with Crippen molar-refractivity contribution in [2.75, 3.05) is 11.9 Å². The number of amides is 1. The van der Waals surface area contributed by atoms with Gasteiger partial charge >= 0.3 is 0 Å². The lowest BCUT2D eigenvalue weighted by Crippen LogP contribution is -2.31. The lowest BCUT2D eigenvalue weighted by Gasteiger charge is -2.05. The van der Waals surface area contributed by atoms with Crippen LogP contribution < -0.4 is 5.32 Å². The van der Waals surface area contributed by atoms with E-state index in [0.29, 0.717) is 6.54 Å². The van der Waals surface area contributed by atoms with Gasteiger partial charge in [0.15, 0.2) is 0 Å². The van der Waals surface area contributed by atoms with Crippen molar-refractivity contribution in [3.63, 3.8) is 0 Å². The van der Waals surface area contributed by atoms with Gasteiger partial charge in [0.25, 0.3) is 0 Å². The summed E-state index contributed by atoms with van der Waals surface area (Å²) in [6.07, 6.45) is 5.72. The minimum Gasteiger partial charge on any atom is -0.344 e. The molecule has 0 spiro atoms. The quantitative estimate of drug-likeness (QED) is 0.611. The Kier molecular flexibility index (Phi) is 6.68. The predicted octanol–water partition coefficient (Wildman–Crippen LogP) is 1.28. The van der Waals surface area contributed by atoms with Gasteiger partial charge in [0, 0.05) is 5.33 Å². The Labute approximate surface area is 83.4 Å². The number of carbonyl (C=O) groups is 1. The summed E-state index contributed by atoms with van der Waals surface area (Å²) in [5.74, 6) is 2.28. The SMILES string of the molecule is C#CCNC(=O)[C@@H](Br)CCBr. The zero-order valence-electron chi connectivity index (χ0n) is 5.94. The first kappa shape index (κ1) is 11.0. The fourth-order valence-corrected chi connectivity index (χ4v) is 1.94. The molecule has 0 aromatic rings. The zero-order valence-corrected chi connectivity index (χ0v) is 9.11. The average molecular weight is 283 g/mol. The van der Waals surface area contributed by atoms with Gasteiger partial charge in [-0.2, -0.15) is 0 Å². The molecule has 0 aliphatic carbocycles. The summed E-state index contributed by atoms with van der Waals surface area (Å²) in [4.78, 5) is 10.9. The molecule has 1 N–H and O–H groups in total. The third-order valence-electron chi connectivity index (χ3n) is 1.01. The van der Waals surface area contributed by atoms with Crippen LogP contribution in [0.1, 0.15) is 6.42 Å². The number of carbonyl (C=O) groups excluding carboxylic acids is 1. The third-order valence-corrected chi connectivity index (χ3v) is 2.34. The van der Waals surface area contributed by atoms with Crippen LogP contribution in [0.3, 0.4) is 0 Å². The maximum absolute atomic E-state index is 11.0. The van der Waals surface area contributed by atoms with E-state index in [2.05, 4.69) is 43.1 Å². The van der Waals surface area contributed by atoms with E-state index in [-0.39, 0.29) is 10.7 Å². The molecule has 0 aliphatic rings. The maximum Gasteiger partial charge on any atom is 0.234 e. The van der Waals surface area contributed by atoms with E-state index in [1.165, 1.54) is 0 Å². The average Bonchev–Trinajstić information content (AvgIpc) is 2.00. The Morgan fingerprint density at radius 3 is 2.82 bits per heavy atom. The summed E-state index contributed by atoms with van der Waals surface area (Å²) in [7, 11) is 0. The van der Waals surface area contributed by atoms with Crippen LogP contribution in [-0.2, 0) is 4.79 Å². The summed E-state index contributed by atoms with van der Waals surface area (Å²) in [5.41, 5.74) is 0. The second-order valence-corrected chi connectivity index (χ2v) is 3.77. The molecule has 0 unspecified atom stereocenters. The van der Waals surface area contributed by atoms with E-state index in [1.54, 1.807) is 0 Å². The maximum atomic E-state index is 11.0. The number of alkyl halides is 2. The van der Waals surface area contributed by atoms with Gasteiger partial charge in [-0.05, 0) is 6.42 Å². The van der Waals surface area contributed by atoms with Crippen LogP contribution in [-0.4, -0.2) is 22.6 Å². The molecule has 1 amide bonds. The molecule has 1 atom stereocenters. The molecular weight excluding hydrogens is 274 g/mol. The van der Waals surface area contributed by atoms with Crippen molar-refractivity contribution in [1.29, 1.82) is 0 Å². The van der Waals surface area contributed by atoms with Gasteiger partial charge in [-0.25, -0.2) is 0 Å². The van der Waals surface area contributed by atoms with Crippen molar-refractivity contribution in [3.05, 3.63) is 0 Å². The topological polar surface area (TPSA) is 29.1 Å². The van der Waals surface area contributed by atoms with Gasteiger partial charge in [0.2, 0.25) is 5.91 Å². The van der Waals surface area contributed by atoms with Crippen molar-refractivity contribution in [2.24, 2.45) is 0 Å². The summed E-state index contributed by atoms with van der Waals surface area (Å²) in [6, 6.07) is 0. The highest BCUT2D eigenvalue weighted by Gasteiger charge is 2.11. The minimum absolute atomic E-state index is 0.0533. The first-order valence-corrected chi connectivity index (χ1v) is 5.17. The molecule has 11 heavy (non-hydrogen) atoms. The first-order chi connectivity index (χ1) is 5.22. The number of rotatable bonds is 4. The molecule has 0 aromatic heterocycles. The smallest absolute Gasteiger partial charge is 0.234 e. The number of terminal acetylenes is 1. The molecule has 0 saturated carbocycles. The Morgan fingerprint density at radius 2 is 2.36 bits per heavy atom. The normalized spacial score (nSPS) is 11.7. The van der Waals surface area contributed by atoms with Crippen LogP contribution in [0.4, 0.5) is 0 Å². The van der Waals surface area contributed by atoms with E-state index in [1.807, 2.05) is 0 Å². The van der Waals surface area contributed by atoms with Gasteiger partial charge in [-0.3, -0.25) is 4.79 Å². The lowest BCUT2D eigenvalue weighted by molar-refractivity contribution is -0.120. The minimum atomic E-state index is -0.143. The summed E-state index contributed by atoms with van der Waals surface area (Å²) in [6.45, 7) is 0.295. The Balaban J connectivity index is 3.57. The van der Waals surface area contributed by atoms with Gasteiger partial charge in [-0.1, -0.05) is 37.8 Å². The van der Waals surface area contributed by atoms with Crippen molar-refractivity contribution in [1.82, 2.24) is 5.32 Å². The summed E-state index contributed by atoms with van der Waals surface area (Å²) < 4.78 is 0. The van der Waals surface area contributed by atoms with Gasteiger partial charge in [0.1, 0.15) is 0 Å². The van der Waals surface area contributed by atoms with Crippen LogP contribution in [0.5, 0.6) is 0 Å². The van der Waals surface area contributed by atoms with Gasteiger partial charge < -0.3 is 5.32 Å². The Hall–Kier alpha value is -0.0100. The molecule has 0 radical (unpaired) electrons. The molecule has 0 aliphatic heterocycles. The number of nitrogens with one attached hydrogen (secondary N) is 1. The zero-order chi connectivity index (χ0) is 8.69. The van der Waals surface area contributed by atoms with Crippen molar-refractivity contribution in [2.45, 2.75) is 11.2 Å². The van der Waals surface area contributed by atoms with Crippen molar-refractivity contribution in [3.8, 4) is 12.3 Å². The van der Waals surface area contributed by atoms with Crippen LogP contribution in [0.25, 0.3) is 0 Å². The van der Waals surface area contributed by atoms with Gasteiger partial charge in [0.05, 0.1) is 11.4 Å². The fraction of sp³-hybridized carbons (Fsp3) is 0.571. The molecule has 0 aromatic carbocycles. The summed E-state index contributed by atoms with van der Waals surface area (Å²) >= 11 is 6.46. The van der Waals surface area contributed by atoms with Crippen molar-refractivity contribution >= 4 is 37.8 Å². The van der Waals surface area contributed by atoms with E-state index >= 15 is 0 Å². The van der Waals surface area contributed by atoms with Gasteiger partial charge in [-0.15, -0.1) is 6.42 Å². The number of hydrogen-bond acceptors (Lipinski definition) is 1. The largest absolute Gasteiger partial charge is 0.344 e. The number of halogens is 2. The van der Waals surface area contributed by atoms with E-state index in [9.17, 15) is 4.79 Å². The molecular formula is C7H9Br2NO. The van der Waals surface area contributed by atoms with Crippen LogP contribution in [0.15, 0.2) is 0 Å². The Morgan fingerprint density at radius 1 is 1.73 bits per heavy atom. The lowest BCUT2D eigenvalue weighted by atomic mass is 10.3. The fourth-order valence-electron chi connectivity index (χ4n) is 0.476. The highest BCUT2D eigenvalue weighted by atomic mass is 79.9. The molecule has 0 saturated heterocycles. The highest BCUT2D eigenvalue weighted by molar-refractivity contribution is 9.10. The third kappa shape index (κ3) is 5.28. The molecule has 0 bridgehead atoms. The first-order valence-electron chi connectivity index (χ1n) is 3.13. The second-order valence-electron chi connectivity index (χ2n) is 1.87. The van der Waals surface area contributed by atoms with Crippen LogP contribution in [0, 0.1) is 12.3 Å². The molecule has 2 nitrogen and oxygen atoms in total. The van der Waals surface area contributed by atoms with Crippen LogP contribution in [0.2, 0.25) is 0 Å². The van der Waals surface area contributed by atoms with E-state index in [0.717, 1.165) is 11.8 Å². The second kappa shape index (κ2) is 6.68. The molecule has 0 rings (SSSR count). The van der Waals surface area contributed by atoms with E-state index < -0.39 is 0 Å². The Bertz CT molecular complexity index is 164. The highest BCUT2D eigenvalue weighted by Crippen LogP contribution is 2.06.